The predicted molar refractivity (Wildman–Crippen MR) is 132 cm³/mol. The Balaban J connectivity index is 2.13. The van der Waals surface area contributed by atoms with Crippen LogP contribution in [-0.4, -0.2) is 34.0 Å². The molecule has 2 amide bonds. The molecule has 2 rings (SSSR count). The van der Waals surface area contributed by atoms with Crippen molar-refractivity contribution in [2.24, 2.45) is 0 Å². The van der Waals surface area contributed by atoms with Crippen LogP contribution in [0.5, 0.6) is 0 Å². The third-order valence-corrected chi connectivity index (χ3v) is 6.21. The SMILES string of the molecule is Cc1ccc(CSCC(=O)N(Cc2ccc(Cl)cc2Cl)[C@H](C)C(=O)NC(C)(C)C)cc1. The molecule has 0 radical (unpaired) electrons. The van der Waals surface area contributed by atoms with Crippen LogP contribution in [0.1, 0.15) is 44.4 Å². The second-order valence-corrected chi connectivity index (χ2v) is 10.5. The van der Waals surface area contributed by atoms with Crippen molar-refractivity contribution in [2.75, 3.05) is 5.75 Å². The first-order valence-corrected chi connectivity index (χ1v) is 12.1. The standard InChI is InChI=1S/C24H30Cl2N2O2S/c1-16-6-8-18(9-7-16)14-31-15-22(29)28(17(2)23(30)27-24(3,4)5)13-19-10-11-20(25)12-21(19)26/h6-12,17H,13-15H2,1-5H3,(H,27,30)/t17-/m1/s1. The molecule has 0 aromatic heterocycles. The molecule has 0 saturated carbocycles. The first-order chi connectivity index (χ1) is 14.5. The van der Waals surface area contributed by atoms with E-state index in [0.717, 1.165) is 16.9 Å². The van der Waals surface area contributed by atoms with Crippen molar-refractivity contribution < 1.29 is 9.59 Å². The maximum absolute atomic E-state index is 13.1. The molecule has 0 aliphatic rings. The van der Waals surface area contributed by atoms with Crippen molar-refractivity contribution in [1.82, 2.24) is 10.2 Å². The Hall–Kier alpha value is -1.69. The zero-order chi connectivity index (χ0) is 23.2. The van der Waals surface area contributed by atoms with E-state index in [1.54, 1.807) is 30.0 Å². The molecule has 7 heteroatoms. The fourth-order valence-electron chi connectivity index (χ4n) is 2.91. The van der Waals surface area contributed by atoms with E-state index in [1.807, 2.05) is 27.7 Å². The fraction of sp³-hybridized carbons (Fsp3) is 0.417. The van der Waals surface area contributed by atoms with E-state index < -0.39 is 11.6 Å². The van der Waals surface area contributed by atoms with Gasteiger partial charge in [-0.25, -0.2) is 0 Å². The van der Waals surface area contributed by atoms with Crippen LogP contribution in [0.15, 0.2) is 42.5 Å². The molecule has 31 heavy (non-hydrogen) atoms. The van der Waals surface area contributed by atoms with Crippen LogP contribution >= 0.6 is 35.0 Å². The molecule has 1 atom stereocenters. The van der Waals surface area contributed by atoms with E-state index in [4.69, 9.17) is 23.2 Å². The van der Waals surface area contributed by atoms with Gasteiger partial charge in [-0.15, -0.1) is 11.8 Å². The average molecular weight is 481 g/mol. The van der Waals surface area contributed by atoms with Crippen LogP contribution in [0.3, 0.4) is 0 Å². The van der Waals surface area contributed by atoms with Gasteiger partial charge in [-0.1, -0.05) is 59.1 Å². The summed E-state index contributed by atoms with van der Waals surface area (Å²) in [5, 5.41) is 3.96. The number of thioether (sulfide) groups is 1. The van der Waals surface area contributed by atoms with Gasteiger partial charge in [-0.05, 0) is 57.9 Å². The van der Waals surface area contributed by atoms with Gasteiger partial charge >= 0.3 is 0 Å². The summed E-state index contributed by atoms with van der Waals surface area (Å²) in [5.74, 6) is 0.685. The summed E-state index contributed by atoms with van der Waals surface area (Å²) in [7, 11) is 0. The highest BCUT2D eigenvalue weighted by molar-refractivity contribution is 7.99. The lowest BCUT2D eigenvalue weighted by atomic mass is 10.1. The number of halogens is 2. The molecule has 0 spiro atoms. The van der Waals surface area contributed by atoms with E-state index in [9.17, 15) is 9.59 Å². The number of aryl methyl sites for hydroxylation is 1. The van der Waals surface area contributed by atoms with E-state index in [2.05, 4.69) is 29.6 Å². The smallest absolute Gasteiger partial charge is 0.242 e. The van der Waals surface area contributed by atoms with Crippen LogP contribution in [0.2, 0.25) is 10.0 Å². The van der Waals surface area contributed by atoms with Gasteiger partial charge in [0.2, 0.25) is 11.8 Å². The summed E-state index contributed by atoms with van der Waals surface area (Å²) in [6.45, 7) is 9.77. The van der Waals surface area contributed by atoms with Crippen molar-refractivity contribution in [3.63, 3.8) is 0 Å². The van der Waals surface area contributed by atoms with Gasteiger partial charge in [-0.3, -0.25) is 9.59 Å². The van der Waals surface area contributed by atoms with Crippen LogP contribution in [0.25, 0.3) is 0 Å². The number of nitrogens with zero attached hydrogens (tertiary/aromatic N) is 1. The number of nitrogens with one attached hydrogen (secondary N) is 1. The lowest BCUT2D eigenvalue weighted by molar-refractivity contribution is -0.139. The minimum absolute atomic E-state index is 0.111. The Morgan fingerprint density at radius 2 is 1.74 bits per heavy atom. The van der Waals surface area contributed by atoms with Gasteiger partial charge < -0.3 is 10.2 Å². The zero-order valence-electron chi connectivity index (χ0n) is 18.7. The number of hydrogen-bond donors (Lipinski definition) is 1. The number of rotatable bonds is 8. The minimum atomic E-state index is -0.640. The Labute approximate surface area is 199 Å². The number of carbonyl (C=O) groups excluding carboxylic acids is 2. The molecule has 0 unspecified atom stereocenters. The third-order valence-electron chi connectivity index (χ3n) is 4.64. The summed E-state index contributed by atoms with van der Waals surface area (Å²) >= 11 is 13.9. The lowest BCUT2D eigenvalue weighted by Gasteiger charge is -2.31. The highest BCUT2D eigenvalue weighted by Crippen LogP contribution is 2.24. The van der Waals surface area contributed by atoms with E-state index in [1.165, 1.54) is 17.3 Å². The van der Waals surface area contributed by atoms with Crippen molar-refractivity contribution in [3.05, 3.63) is 69.2 Å². The van der Waals surface area contributed by atoms with E-state index >= 15 is 0 Å². The maximum atomic E-state index is 13.1. The Morgan fingerprint density at radius 3 is 2.32 bits per heavy atom. The van der Waals surface area contributed by atoms with Crippen LogP contribution in [0.4, 0.5) is 0 Å². The fourth-order valence-corrected chi connectivity index (χ4v) is 4.25. The first-order valence-electron chi connectivity index (χ1n) is 10.1. The second kappa shape index (κ2) is 11.3. The Morgan fingerprint density at radius 1 is 1.10 bits per heavy atom. The quantitative estimate of drug-likeness (QED) is 0.513. The molecule has 0 aliphatic heterocycles. The molecule has 0 bridgehead atoms. The molecule has 2 aromatic rings. The van der Waals surface area contributed by atoms with Gasteiger partial charge in [0.25, 0.3) is 0 Å². The lowest BCUT2D eigenvalue weighted by Crippen LogP contribution is -2.52. The van der Waals surface area contributed by atoms with Gasteiger partial charge in [-0.2, -0.15) is 0 Å². The molecule has 4 nitrogen and oxygen atoms in total. The predicted octanol–water partition coefficient (Wildman–Crippen LogP) is 5.87. The summed E-state index contributed by atoms with van der Waals surface area (Å²) in [4.78, 5) is 27.5. The second-order valence-electron chi connectivity index (χ2n) is 8.65. The third kappa shape index (κ3) is 8.40. The molecular formula is C24H30Cl2N2O2S. The van der Waals surface area contributed by atoms with Crippen molar-refractivity contribution >= 4 is 46.8 Å². The van der Waals surface area contributed by atoms with Gasteiger partial charge in [0, 0.05) is 27.9 Å². The molecule has 0 heterocycles. The van der Waals surface area contributed by atoms with Crippen LogP contribution < -0.4 is 5.32 Å². The molecule has 0 fully saturated rings. The number of hydrogen-bond acceptors (Lipinski definition) is 3. The summed E-state index contributed by atoms with van der Waals surface area (Å²) in [5.41, 5.74) is 2.72. The first kappa shape index (κ1) is 25.6. The highest BCUT2D eigenvalue weighted by atomic mass is 35.5. The van der Waals surface area contributed by atoms with Crippen molar-refractivity contribution in [1.29, 1.82) is 0 Å². The Kier molecular flexibility index (Phi) is 9.28. The monoisotopic (exact) mass is 480 g/mol. The number of amides is 2. The molecule has 2 aromatic carbocycles. The van der Waals surface area contributed by atoms with Gasteiger partial charge in [0.1, 0.15) is 6.04 Å². The van der Waals surface area contributed by atoms with Gasteiger partial charge in [0.15, 0.2) is 0 Å². The van der Waals surface area contributed by atoms with E-state index in [0.29, 0.717) is 10.0 Å². The molecule has 168 valence electrons. The van der Waals surface area contributed by atoms with Crippen LogP contribution in [-0.2, 0) is 21.9 Å². The highest BCUT2D eigenvalue weighted by Gasteiger charge is 2.28. The number of carbonyl (C=O) groups is 2. The average Bonchev–Trinajstić information content (AvgIpc) is 2.67. The molecule has 1 N–H and O–H groups in total. The molecule has 0 saturated heterocycles. The molecule has 0 aliphatic carbocycles. The summed E-state index contributed by atoms with van der Waals surface area (Å²) in [6, 6.07) is 12.8. The topological polar surface area (TPSA) is 49.4 Å². The Bertz CT molecular complexity index is 911. The zero-order valence-corrected chi connectivity index (χ0v) is 21.0. The van der Waals surface area contributed by atoms with E-state index in [-0.39, 0.29) is 24.1 Å². The van der Waals surface area contributed by atoms with Crippen molar-refractivity contribution in [3.8, 4) is 0 Å². The summed E-state index contributed by atoms with van der Waals surface area (Å²) < 4.78 is 0. The van der Waals surface area contributed by atoms with Gasteiger partial charge in [0.05, 0.1) is 5.75 Å². The largest absolute Gasteiger partial charge is 0.350 e. The van der Waals surface area contributed by atoms with Crippen molar-refractivity contribution in [2.45, 2.75) is 58.5 Å². The normalized spacial score (nSPS) is 12.4. The van der Waals surface area contributed by atoms with Crippen LogP contribution in [0, 0.1) is 6.92 Å². The number of benzene rings is 2. The summed E-state index contributed by atoms with van der Waals surface area (Å²) in [6.07, 6.45) is 0. The molecular weight excluding hydrogens is 451 g/mol. The maximum Gasteiger partial charge on any atom is 0.242 e. The minimum Gasteiger partial charge on any atom is -0.350 e.